The normalized spacial score (nSPS) is 18.3. The van der Waals surface area contributed by atoms with E-state index < -0.39 is 0 Å². The van der Waals surface area contributed by atoms with E-state index in [9.17, 15) is 0 Å². The average molecular weight is 183 g/mol. The maximum atomic E-state index is 5.57. The highest BCUT2D eigenvalue weighted by molar-refractivity contribution is 7.19. The Balaban J connectivity index is 1.94. The van der Waals surface area contributed by atoms with Gasteiger partial charge in [0.05, 0.1) is 6.20 Å². The molecule has 0 radical (unpaired) electrons. The monoisotopic (exact) mass is 183 g/mol. The van der Waals surface area contributed by atoms with E-state index in [2.05, 4.69) is 10.3 Å². The number of nitrogens with one attached hydrogen (secondary N) is 1. The van der Waals surface area contributed by atoms with Gasteiger partial charge in [-0.25, -0.2) is 4.98 Å². The first-order valence-corrected chi connectivity index (χ1v) is 5.14. The molecule has 1 saturated carbocycles. The third-order valence-electron chi connectivity index (χ3n) is 2.21. The van der Waals surface area contributed by atoms with Gasteiger partial charge in [-0.15, -0.1) is 0 Å². The summed E-state index contributed by atoms with van der Waals surface area (Å²) in [5.41, 5.74) is 5.57. The summed E-state index contributed by atoms with van der Waals surface area (Å²) in [5, 5.41) is 5.15. The summed E-state index contributed by atoms with van der Waals surface area (Å²) in [7, 11) is 0. The van der Waals surface area contributed by atoms with E-state index in [-0.39, 0.29) is 0 Å². The molecule has 1 aromatic rings. The van der Waals surface area contributed by atoms with Crippen molar-refractivity contribution in [3.8, 4) is 0 Å². The van der Waals surface area contributed by atoms with Crippen LogP contribution in [0.1, 0.15) is 25.7 Å². The molecule has 66 valence electrons. The molecule has 1 heterocycles. The fourth-order valence-corrected chi connectivity index (χ4v) is 2.26. The van der Waals surface area contributed by atoms with Crippen molar-refractivity contribution in [2.75, 3.05) is 11.1 Å². The molecule has 0 aliphatic heterocycles. The standard InChI is InChI=1S/C8H13N3S/c9-7-5-10-8(12-7)11-6-3-1-2-4-6/h5-6H,1-4,9H2,(H,10,11). The maximum absolute atomic E-state index is 5.57. The summed E-state index contributed by atoms with van der Waals surface area (Å²) in [6.45, 7) is 0. The van der Waals surface area contributed by atoms with E-state index in [1.807, 2.05) is 0 Å². The van der Waals surface area contributed by atoms with Crippen LogP contribution in [0.25, 0.3) is 0 Å². The molecular formula is C8H13N3S. The van der Waals surface area contributed by atoms with Crippen molar-refractivity contribution in [2.45, 2.75) is 31.7 Å². The van der Waals surface area contributed by atoms with Crippen LogP contribution in [0.5, 0.6) is 0 Å². The van der Waals surface area contributed by atoms with Gasteiger partial charge >= 0.3 is 0 Å². The molecule has 12 heavy (non-hydrogen) atoms. The van der Waals surface area contributed by atoms with Crippen LogP contribution in [0.3, 0.4) is 0 Å². The lowest BCUT2D eigenvalue weighted by atomic mass is 10.3. The number of thiazole rings is 1. The number of hydrogen-bond donors (Lipinski definition) is 2. The minimum absolute atomic E-state index is 0.635. The predicted molar refractivity (Wildman–Crippen MR) is 52.4 cm³/mol. The van der Waals surface area contributed by atoms with E-state index in [0.29, 0.717) is 6.04 Å². The Hall–Kier alpha value is -0.770. The van der Waals surface area contributed by atoms with Gasteiger partial charge < -0.3 is 11.1 Å². The maximum Gasteiger partial charge on any atom is 0.184 e. The van der Waals surface area contributed by atoms with E-state index in [1.165, 1.54) is 37.0 Å². The van der Waals surface area contributed by atoms with E-state index >= 15 is 0 Å². The van der Waals surface area contributed by atoms with Crippen LogP contribution in [-0.2, 0) is 0 Å². The van der Waals surface area contributed by atoms with Gasteiger partial charge in [-0.1, -0.05) is 24.2 Å². The number of hydrogen-bond acceptors (Lipinski definition) is 4. The zero-order chi connectivity index (χ0) is 8.39. The number of rotatable bonds is 2. The molecule has 1 fully saturated rings. The number of anilines is 2. The molecular weight excluding hydrogens is 170 g/mol. The molecule has 0 amide bonds. The molecule has 0 bridgehead atoms. The first-order chi connectivity index (χ1) is 5.84. The lowest BCUT2D eigenvalue weighted by Crippen LogP contribution is -2.13. The zero-order valence-electron chi connectivity index (χ0n) is 6.92. The highest BCUT2D eigenvalue weighted by Crippen LogP contribution is 2.25. The third-order valence-corrected chi connectivity index (χ3v) is 2.96. The molecule has 2 rings (SSSR count). The number of nitrogens with two attached hydrogens (primary N) is 1. The van der Waals surface area contributed by atoms with Gasteiger partial charge in [-0.3, -0.25) is 0 Å². The van der Waals surface area contributed by atoms with Crippen molar-refractivity contribution < 1.29 is 0 Å². The first kappa shape index (κ1) is 7.86. The fourth-order valence-electron chi connectivity index (χ4n) is 1.60. The van der Waals surface area contributed by atoms with Crippen molar-refractivity contribution in [3.63, 3.8) is 0 Å². The van der Waals surface area contributed by atoms with Crippen LogP contribution in [0.4, 0.5) is 10.1 Å². The number of aromatic nitrogens is 1. The lowest BCUT2D eigenvalue weighted by Gasteiger charge is -2.08. The van der Waals surface area contributed by atoms with Crippen molar-refractivity contribution >= 4 is 21.5 Å². The summed E-state index contributed by atoms with van der Waals surface area (Å²) in [6.07, 6.45) is 6.96. The first-order valence-electron chi connectivity index (χ1n) is 4.32. The average Bonchev–Trinajstić information content (AvgIpc) is 2.63. The largest absolute Gasteiger partial charge is 0.389 e. The highest BCUT2D eigenvalue weighted by Gasteiger charge is 2.15. The second-order valence-corrected chi connectivity index (χ2v) is 4.26. The Morgan fingerprint density at radius 3 is 2.83 bits per heavy atom. The highest BCUT2D eigenvalue weighted by atomic mass is 32.1. The van der Waals surface area contributed by atoms with Crippen LogP contribution in [-0.4, -0.2) is 11.0 Å². The molecule has 1 aromatic heterocycles. The van der Waals surface area contributed by atoms with Gasteiger partial charge in [-0.2, -0.15) is 0 Å². The van der Waals surface area contributed by atoms with Crippen LogP contribution in [0.15, 0.2) is 6.20 Å². The molecule has 0 atom stereocenters. The minimum Gasteiger partial charge on any atom is -0.389 e. The van der Waals surface area contributed by atoms with Gasteiger partial charge in [0.2, 0.25) is 0 Å². The van der Waals surface area contributed by atoms with Crippen LogP contribution in [0, 0.1) is 0 Å². The summed E-state index contributed by atoms with van der Waals surface area (Å²) in [6, 6.07) is 0.635. The topological polar surface area (TPSA) is 50.9 Å². The van der Waals surface area contributed by atoms with Crippen molar-refractivity contribution in [1.29, 1.82) is 0 Å². The molecule has 3 nitrogen and oxygen atoms in total. The molecule has 1 aliphatic carbocycles. The third kappa shape index (κ3) is 1.69. The molecule has 0 saturated heterocycles. The fraction of sp³-hybridized carbons (Fsp3) is 0.625. The van der Waals surface area contributed by atoms with Crippen LogP contribution >= 0.6 is 11.3 Å². The summed E-state index contributed by atoms with van der Waals surface area (Å²) in [5.74, 6) is 0. The van der Waals surface area contributed by atoms with Crippen LogP contribution in [0.2, 0.25) is 0 Å². The van der Waals surface area contributed by atoms with E-state index in [0.717, 1.165) is 10.1 Å². The van der Waals surface area contributed by atoms with Crippen LogP contribution < -0.4 is 11.1 Å². The Labute approximate surface area is 76.0 Å². The Bertz CT molecular complexity index is 253. The molecule has 1 aliphatic rings. The number of nitrogens with zero attached hydrogens (tertiary/aromatic N) is 1. The smallest absolute Gasteiger partial charge is 0.184 e. The van der Waals surface area contributed by atoms with Gasteiger partial charge in [0.15, 0.2) is 5.13 Å². The van der Waals surface area contributed by atoms with Gasteiger partial charge in [0.25, 0.3) is 0 Å². The molecule has 0 aromatic carbocycles. The molecule has 0 spiro atoms. The SMILES string of the molecule is Nc1cnc(NC2CCCC2)s1. The Morgan fingerprint density at radius 2 is 2.25 bits per heavy atom. The van der Waals surface area contributed by atoms with E-state index in [1.54, 1.807) is 6.20 Å². The summed E-state index contributed by atoms with van der Waals surface area (Å²) >= 11 is 1.53. The molecule has 0 unspecified atom stereocenters. The van der Waals surface area contributed by atoms with Gasteiger partial charge in [-0.05, 0) is 12.8 Å². The molecule has 4 heteroatoms. The second kappa shape index (κ2) is 3.31. The Kier molecular flexibility index (Phi) is 2.17. The predicted octanol–water partition coefficient (Wildman–Crippen LogP) is 2.08. The summed E-state index contributed by atoms with van der Waals surface area (Å²) in [4.78, 5) is 4.16. The van der Waals surface area contributed by atoms with Gasteiger partial charge in [0, 0.05) is 6.04 Å². The van der Waals surface area contributed by atoms with Crippen molar-refractivity contribution in [2.24, 2.45) is 0 Å². The lowest BCUT2D eigenvalue weighted by molar-refractivity contribution is 0.754. The van der Waals surface area contributed by atoms with Crippen molar-refractivity contribution in [1.82, 2.24) is 4.98 Å². The molecule has 3 N–H and O–H groups in total. The number of nitrogen functional groups attached to an aromatic ring is 1. The minimum atomic E-state index is 0.635. The summed E-state index contributed by atoms with van der Waals surface area (Å²) < 4.78 is 0. The van der Waals surface area contributed by atoms with Crippen molar-refractivity contribution in [3.05, 3.63) is 6.20 Å². The van der Waals surface area contributed by atoms with Gasteiger partial charge in [0.1, 0.15) is 5.00 Å². The zero-order valence-corrected chi connectivity index (χ0v) is 7.73. The Morgan fingerprint density at radius 1 is 1.50 bits per heavy atom. The van der Waals surface area contributed by atoms with E-state index in [4.69, 9.17) is 5.73 Å². The quantitative estimate of drug-likeness (QED) is 0.738. The second-order valence-electron chi connectivity index (χ2n) is 3.19.